The predicted molar refractivity (Wildman–Crippen MR) is 33.0 cm³/mol. The molecule has 0 bridgehead atoms. The number of rotatable bonds is 0. The van der Waals surface area contributed by atoms with Gasteiger partial charge in [0.25, 0.3) is 0 Å². The number of hydrogen-bond donors (Lipinski definition) is 1. The Morgan fingerprint density at radius 2 is 2.57 bits per heavy atom. The van der Waals surface area contributed by atoms with E-state index in [2.05, 4.69) is 17.5 Å². The van der Waals surface area contributed by atoms with E-state index in [4.69, 9.17) is 0 Å². The van der Waals surface area contributed by atoms with Crippen molar-refractivity contribution in [2.75, 3.05) is 0 Å². The van der Waals surface area contributed by atoms with E-state index in [1.54, 1.807) is 0 Å². The van der Waals surface area contributed by atoms with Gasteiger partial charge in [-0.1, -0.05) is 0 Å². The van der Waals surface area contributed by atoms with Crippen LogP contribution in [0, 0.1) is 0 Å². The van der Waals surface area contributed by atoms with Crippen LogP contribution in [0.15, 0.2) is 5.10 Å². The lowest BCUT2D eigenvalue weighted by Crippen LogP contribution is -2.12. The lowest BCUT2D eigenvalue weighted by Gasteiger charge is -1.94. The van der Waals surface area contributed by atoms with Crippen molar-refractivity contribution < 1.29 is 0 Å². The summed E-state index contributed by atoms with van der Waals surface area (Å²) in [6.07, 6.45) is 2.98. The summed E-state index contributed by atoms with van der Waals surface area (Å²) in [5.74, 6) is 0. The van der Waals surface area contributed by atoms with Crippen LogP contribution in [0.5, 0.6) is 0 Å². The van der Waals surface area contributed by atoms with Gasteiger partial charge in [-0.05, 0) is 6.92 Å². The summed E-state index contributed by atoms with van der Waals surface area (Å²) in [5.41, 5.74) is 2.89. The van der Waals surface area contributed by atoms with Gasteiger partial charge in [-0.15, -0.1) is 12.4 Å². The molecule has 2 nitrogen and oxygen atoms in total. The van der Waals surface area contributed by atoms with Gasteiger partial charge in [0.15, 0.2) is 0 Å². The molecule has 1 rings (SSSR count). The number of nitrogens with one attached hydrogen (secondary N) is 1. The first kappa shape index (κ1) is 6.76. The highest BCUT2D eigenvalue weighted by Gasteiger charge is 1.99. The minimum Gasteiger partial charge on any atom is -0.307 e. The fraction of sp³-hybridized carbons (Fsp3) is 0.750. The van der Waals surface area contributed by atoms with Crippen molar-refractivity contribution in [1.82, 2.24) is 5.43 Å². The van der Waals surface area contributed by atoms with Gasteiger partial charge in [-0.2, -0.15) is 5.10 Å². The Hall–Kier alpha value is -0.240. The molecule has 1 heterocycles. The van der Waals surface area contributed by atoms with E-state index >= 15 is 0 Å². The largest absolute Gasteiger partial charge is 0.307 e. The van der Waals surface area contributed by atoms with E-state index in [1.807, 2.05) is 6.21 Å². The highest BCUT2D eigenvalue weighted by Crippen LogP contribution is 1.91. The lowest BCUT2D eigenvalue weighted by molar-refractivity contribution is 0.636. The quantitative estimate of drug-likeness (QED) is 0.502. The zero-order chi connectivity index (χ0) is 4.41. The van der Waals surface area contributed by atoms with E-state index in [9.17, 15) is 0 Å². The molecule has 7 heavy (non-hydrogen) atoms. The van der Waals surface area contributed by atoms with Crippen molar-refractivity contribution in [2.45, 2.75) is 19.4 Å². The first-order valence-corrected chi connectivity index (χ1v) is 2.16. The van der Waals surface area contributed by atoms with Gasteiger partial charge in [-0.3, -0.25) is 0 Å². The molecule has 0 aromatic rings. The van der Waals surface area contributed by atoms with Crippen LogP contribution in [-0.2, 0) is 0 Å². The van der Waals surface area contributed by atoms with Gasteiger partial charge in [0, 0.05) is 18.7 Å². The predicted octanol–water partition coefficient (Wildman–Crippen LogP) is 0.776. The maximum Gasteiger partial charge on any atom is 0.0461 e. The van der Waals surface area contributed by atoms with Crippen LogP contribution < -0.4 is 5.43 Å². The Kier molecular flexibility index (Phi) is 2.76. The van der Waals surface area contributed by atoms with Gasteiger partial charge in [-0.25, -0.2) is 0 Å². The first-order valence-electron chi connectivity index (χ1n) is 2.16. The SMILES string of the molecule is CC1CC=NN1.Cl. The van der Waals surface area contributed by atoms with Gasteiger partial charge >= 0.3 is 0 Å². The number of hydrazone groups is 1. The van der Waals surface area contributed by atoms with Gasteiger partial charge in [0.05, 0.1) is 0 Å². The first-order chi connectivity index (χ1) is 2.89. The van der Waals surface area contributed by atoms with Gasteiger partial charge in [0.1, 0.15) is 0 Å². The molecule has 0 radical (unpaired) electrons. The van der Waals surface area contributed by atoms with Crippen LogP contribution in [0.25, 0.3) is 0 Å². The molecule has 0 amide bonds. The molecule has 0 saturated heterocycles. The molecule has 0 saturated carbocycles. The minimum absolute atomic E-state index is 0. The number of hydrogen-bond acceptors (Lipinski definition) is 2. The maximum absolute atomic E-state index is 3.79. The third-order valence-corrected chi connectivity index (χ3v) is 0.845. The van der Waals surface area contributed by atoms with Crippen molar-refractivity contribution in [3.63, 3.8) is 0 Å². The fourth-order valence-corrected chi connectivity index (χ4v) is 0.443. The molecule has 1 N–H and O–H groups in total. The van der Waals surface area contributed by atoms with Crippen molar-refractivity contribution in [3.05, 3.63) is 0 Å². The number of nitrogens with zero attached hydrogens (tertiary/aromatic N) is 1. The topological polar surface area (TPSA) is 24.4 Å². The summed E-state index contributed by atoms with van der Waals surface area (Å²) < 4.78 is 0. The molecule has 3 heteroatoms. The van der Waals surface area contributed by atoms with Crippen LogP contribution in [0.2, 0.25) is 0 Å². The molecule has 1 unspecified atom stereocenters. The molecular formula is C4H9ClN2. The van der Waals surface area contributed by atoms with Crippen molar-refractivity contribution in [1.29, 1.82) is 0 Å². The van der Waals surface area contributed by atoms with Crippen molar-refractivity contribution >= 4 is 18.6 Å². The van der Waals surface area contributed by atoms with Crippen LogP contribution in [0.3, 0.4) is 0 Å². The fourth-order valence-electron chi connectivity index (χ4n) is 0.443. The molecular weight excluding hydrogens is 112 g/mol. The monoisotopic (exact) mass is 120 g/mol. The van der Waals surface area contributed by atoms with E-state index in [0.29, 0.717) is 6.04 Å². The molecule has 1 aliphatic heterocycles. The molecule has 1 atom stereocenters. The Morgan fingerprint density at radius 1 is 1.86 bits per heavy atom. The van der Waals surface area contributed by atoms with E-state index in [-0.39, 0.29) is 12.4 Å². The zero-order valence-electron chi connectivity index (χ0n) is 4.22. The van der Waals surface area contributed by atoms with Gasteiger partial charge < -0.3 is 5.43 Å². The summed E-state index contributed by atoms with van der Waals surface area (Å²) in [6, 6.07) is 0.574. The third-order valence-electron chi connectivity index (χ3n) is 0.845. The average Bonchev–Trinajstić information content (AvgIpc) is 1.86. The Balaban J connectivity index is 0.000000360. The molecule has 0 fully saturated rings. The summed E-state index contributed by atoms with van der Waals surface area (Å²) in [7, 11) is 0. The van der Waals surface area contributed by atoms with Crippen molar-refractivity contribution in [2.24, 2.45) is 5.10 Å². The molecule has 42 valence electrons. The second-order valence-electron chi connectivity index (χ2n) is 1.58. The molecule has 0 spiro atoms. The Labute approximate surface area is 49.4 Å². The molecule has 1 aliphatic rings. The van der Waals surface area contributed by atoms with Crippen molar-refractivity contribution in [3.8, 4) is 0 Å². The van der Waals surface area contributed by atoms with Crippen LogP contribution in [0.4, 0.5) is 0 Å². The Morgan fingerprint density at radius 3 is 2.71 bits per heavy atom. The summed E-state index contributed by atoms with van der Waals surface area (Å²) >= 11 is 0. The third kappa shape index (κ3) is 1.78. The summed E-state index contributed by atoms with van der Waals surface area (Å²) in [4.78, 5) is 0. The van der Waals surface area contributed by atoms with Crippen LogP contribution in [-0.4, -0.2) is 12.3 Å². The molecule has 0 aromatic carbocycles. The zero-order valence-corrected chi connectivity index (χ0v) is 5.03. The molecule has 0 aromatic heterocycles. The van der Waals surface area contributed by atoms with Crippen LogP contribution >= 0.6 is 12.4 Å². The van der Waals surface area contributed by atoms with Gasteiger partial charge in [0.2, 0.25) is 0 Å². The number of halogens is 1. The second-order valence-corrected chi connectivity index (χ2v) is 1.58. The van der Waals surface area contributed by atoms with E-state index < -0.39 is 0 Å². The average molecular weight is 121 g/mol. The lowest BCUT2D eigenvalue weighted by atomic mass is 10.3. The summed E-state index contributed by atoms with van der Waals surface area (Å²) in [5, 5.41) is 3.79. The maximum atomic E-state index is 3.79. The van der Waals surface area contributed by atoms with E-state index in [0.717, 1.165) is 6.42 Å². The smallest absolute Gasteiger partial charge is 0.0461 e. The van der Waals surface area contributed by atoms with E-state index in [1.165, 1.54) is 0 Å². The highest BCUT2D eigenvalue weighted by atomic mass is 35.5. The second kappa shape index (κ2) is 2.86. The summed E-state index contributed by atoms with van der Waals surface area (Å²) in [6.45, 7) is 2.10. The highest BCUT2D eigenvalue weighted by molar-refractivity contribution is 5.85. The minimum atomic E-state index is 0. The normalized spacial score (nSPS) is 26.1. The van der Waals surface area contributed by atoms with Crippen LogP contribution in [0.1, 0.15) is 13.3 Å². The Bertz CT molecular complexity index is 64.1. The standard InChI is InChI=1S/C4H8N2.ClH/c1-4-2-3-5-6-4;/h3-4,6H,2H2,1H3;1H. The molecule has 0 aliphatic carbocycles.